The zero-order chi connectivity index (χ0) is 8.24. The average Bonchev–Trinajstić information content (AvgIpc) is 2.02. The Hall–Kier alpha value is -1.02. The molecule has 10 heavy (non-hydrogen) atoms. The van der Waals surface area contributed by atoms with Crippen LogP contribution in [0, 0.1) is 0 Å². The van der Waals surface area contributed by atoms with Crippen molar-refractivity contribution in [1.29, 1.82) is 0 Å². The Balaban J connectivity index is 0. The molecule has 0 aromatic rings. The highest BCUT2D eigenvalue weighted by molar-refractivity contribution is 5.06. The average molecular weight is 142 g/mol. The predicted molar refractivity (Wildman–Crippen MR) is 43.6 cm³/mol. The number of methoxy groups -OCH3 is 1. The summed E-state index contributed by atoms with van der Waals surface area (Å²) < 4.78 is 4.62. The second-order valence-corrected chi connectivity index (χ2v) is 1.18. The number of allylic oxidation sites excluding steroid dienone is 4. The Morgan fingerprint density at radius 3 is 2.20 bits per heavy atom. The summed E-state index contributed by atoms with van der Waals surface area (Å²) in [6.07, 6.45) is 8.77. The van der Waals surface area contributed by atoms with Gasteiger partial charge in [0.05, 0.1) is 13.4 Å². The first-order valence-electron chi connectivity index (χ1n) is 2.83. The van der Waals surface area contributed by atoms with E-state index >= 15 is 0 Å². The number of hydrogen-bond acceptors (Lipinski definition) is 2. The first-order valence-corrected chi connectivity index (χ1v) is 2.83. The quantitative estimate of drug-likeness (QED) is 0.478. The van der Waals surface area contributed by atoms with E-state index in [4.69, 9.17) is 5.11 Å². The van der Waals surface area contributed by atoms with E-state index in [1.807, 2.05) is 12.2 Å². The second-order valence-electron chi connectivity index (χ2n) is 1.18. The minimum Gasteiger partial charge on any atom is -0.504 e. The molecule has 0 aliphatic carbocycles. The van der Waals surface area contributed by atoms with Crippen molar-refractivity contribution in [3.05, 3.63) is 37.1 Å². The van der Waals surface area contributed by atoms with Crippen LogP contribution in [0.4, 0.5) is 0 Å². The van der Waals surface area contributed by atoms with Crippen LogP contribution in [0.5, 0.6) is 0 Å². The van der Waals surface area contributed by atoms with Crippen LogP contribution < -0.4 is 0 Å². The van der Waals surface area contributed by atoms with Gasteiger partial charge in [-0.15, -0.1) is 0 Å². The van der Waals surface area contributed by atoms with Gasteiger partial charge in [0.1, 0.15) is 0 Å². The molecule has 1 N–H and O–H groups in total. The Morgan fingerprint density at radius 1 is 1.20 bits per heavy atom. The molecule has 0 spiro atoms. The predicted octanol–water partition coefficient (Wildman–Crippen LogP) is 1.50. The van der Waals surface area contributed by atoms with Crippen LogP contribution in [0.25, 0.3) is 0 Å². The summed E-state index contributed by atoms with van der Waals surface area (Å²) in [5.41, 5.74) is 0. The van der Waals surface area contributed by atoms with Crippen LogP contribution in [-0.4, -0.2) is 19.3 Å². The Kier molecular flexibility index (Phi) is 18.4. The van der Waals surface area contributed by atoms with Crippen LogP contribution in [-0.2, 0) is 4.74 Å². The van der Waals surface area contributed by atoms with Crippen molar-refractivity contribution in [2.75, 3.05) is 14.2 Å². The normalized spacial score (nSPS) is 9.10. The van der Waals surface area contributed by atoms with Crippen molar-refractivity contribution in [2.24, 2.45) is 0 Å². The van der Waals surface area contributed by atoms with Gasteiger partial charge in [0.2, 0.25) is 0 Å². The van der Waals surface area contributed by atoms with Gasteiger partial charge in [-0.05, 0) is 6.08 Å². The number of hydrogen-bond donors (Lipinski definition) is 1. The molecule has 0 unspecified atom stereocenters. The molecular formula is C8H14O2. The van der Waals surface area contributed by atoms with Gasteiger partial charge in [-0.25, -0.2) is 0 Å². The van der Waals surface area contributed by atoms with E-state index in [0.717, 1.165) is 7.11 Å². The minimum absolute atomic E-state index is 1.00. The maximum atomic E-state index is 7.00. The van der Waals surface area contributed by atoms with Gasteiger partial charge in [-0.1, -0.05) is 24.8 Å². The van der Waals surface area contributed by atoms with E-state index < -0.39 is 0 Å². The molecule has 0 saturated carbocycles. The number of aliphatic hydroxyl groups is 1. The lowest BCUT2D eigenvalue weighted by Gasteiger charge is -1.79. The van der Waals surface area contributed by atoms with E-state index in [0.29, 0.717) is 0 Å². The minimum atomic E-state index is 1.00. The second kappa shape index (κ2) is 15.7. The molecule has 0 aromatic heterocycles. The summed E-state index contributed by atoms with van der Waals surface area (Å²) in [7, 11) is 2.61. The Bertz CT molecular complexity index is 104. The number of aliphatic hydroxyl groups excluding tert-OH is 1. The van der Waals surface area contributed by atoms with Gasteiger partial charge in [-0.3, -0.25) is 0 Å². The van der Waals surface area contributed by atoms with E-state index in [1.165, 1.54) is 0 Å². The molecular weight excluding hydrogens is 128 g/mol. The Labute approximate surface area is 62.1 Å². The summed E-state index contributed by atoms with van der Waals surface area (Å²) in [5, 5.41) is 7.00. The van der Waals surface area contributed by atoms with Gasteiger partial charge in [0, 0.05) is 7.11 Å². The molecule has 0 radical (unpaired) electrons. The third-order valence-electron chi connectivity index (χ3n) is 0.573. The van der Waals surface area contributed by atoms with E-state index in [1.54, 1.807) is 25.5 Å². The lowest BCUT2D eigenvalue weighted by atomic mass is 10.5. The molecule has 0 atom stereocenters. The Morgan fingerprint density at radius 2 is 1.80 bits per heavy atom. The zero-order valence-electron chi connectivity index (χ0n) is 6.45. The molecule has 0 saturated heterocycles. The van der Waals surface area contributed by atoms with Crippen LogP contribution >= 0.6 is 0 Å². The summed E-state index contributed by atoms with van der Waals surface area (Å²) in [6, 6.07) is 0. The fraction of sp³-hybridized carbons (Fsp3) is 0.250. The summed E-state index contributed by atoms with van der Waals surface area (Å²) in [4.78, 5) is 0. The molecule has 2 nitrogen and oxygen atoms in total. The number of ether oxygens (including phenoxy) is 1. The fourth-order valence-corrected chi connectivity index (χ4v) is 0.267. The van der Waals surface area contributed by atoms with Gasteiger partial charge in [-0.2, -0.15) is 0 Å². The highest BCUT2D eigenvalue weighted by atomic mass is 16.5. The molecule has 0 bridgehead atoms. The number of rotatable bonds is 3. The van der Waals surface area contributed by atoms with Crippen LogP contribution in [0.2, 0.25) is 0 Å². The third kappa shape index (κ3) is 15.8. The standard InChI is InChI=1S/C7H10O.CH4O/c1-3-4-5-6-7-8-2;1-2/h3-7H,1H2,2H3;2H,1H3/b5-4-,7-6-;. The molecule has 0 rings (SSSR count). The first-order chi connectivity index (χ1) is 4.91. The maximum absolute atomic E-state index is 7.00. The molecule has 0 amide bonds. The molecule has 0 aromatic carbocycles. The van der Waals surface area contributed by atoms with Crippen molar-refractivity contribution >= 4 is 0 Å². The molecule has 2 heteroatoms. The van der Waals surface area contributed by atoms with E-state index in [9.17, 15) is 0 Å². The van der Waals surface area contributed by atoms with Gasteiger partial charge in [0.25, 0.3) is 0 Å². The van der Waals surface area contributed by atoms with Crippen LogP contribution in [0.1, 0.15) is 0 Å². The zero-order valence-corrected chi connectivity index (χ0v) is 6.45. The van der Waals surface area contributed by atoms with Crippen molar-refractivity contribution < 1.29 is 9.84 Å². The largest absolute Gasteiger partial charge is 0.504 e. The molecule has 0 fully saturated rings. The summed E-state index contributed by atoms with van der Waals surface area (Å²) in [6.45, 7) is 3.50. The van der Waals surface area contributed by atoms with Crippen molar-refractivity contribution in [2.45, 2.75) is 0 Å². The lowest BCUT2D eigenvalue weighted by molar-refractivity contribution is 0.338. The van der Waals surface area contributed by atoms with Crippen LogP contribution in [0.3, 0.4) is 0 Å². The summed E-state index contributed by atoms with van der Waals surface area (Å²) >= 11 is 0. The first kappa shape index (κ1) is 11.7. The highest BCUT2D eigenvalue weighted by Crippen LogP contribution is 1.76. The third-order valence-corrected chi connectivity index (χ3v) is 0.573. The van der Waals surface area contributed by atoms with E-state index in [2.05, 4.69) is 11.3 Å². The van der Waals surface area contributed by atoms with Gasteiger partial charge in [0.15, 0.2) is 0 Å². The van der Waals surface area contributed by atoms with E-state index in [-0.39, 0.29) is 0 Å². The van der Waals surface area contributed by atoms with Gasteiger partial charge < -0.3 is 9.84 Å². The molecule has 58 valence electrons. The summed E-state index contributed by atoms with van der Waals surface area (Å²) in [5.74, 6) is 0. The van der Waals surface area contributed by atoms with Crippen LogP contribution in [0.15, 0.2) is 37.1 Å². The SMILES string of the molecule is C=C/C=C\C=C/OC.CO. The smallest absolute Gasteiger partial charge is 0.0824 e. The monoisotopic (exact) mass is 142 g/mol. The topological polar surface area (TPSA) is 29.5 Å². The molecule has 0 aliphatic heterocycles. The molecule has 0 aliphatic rings. The van der Waals surface area contributed by atoms with Crippen molar-refractivity contribution in [3.8, 4) is 0 Å². The fourth-order valence-electron chi connectivity index (χ4n) is 0.267. The van der Waals surface area contributed by atoms with Crippen molar-refractivity contribution in [1.82, 2.24) is 0 Å². The van der Waals surface area contributed by atoms with Crippen molar-refractivity contribution in [3.63, 3.8) is 0 Å². The lowest BCUT2D eigenvalue weighted by Crippen LogP contribution is -1.59. The highest BCUT2D eigenvalue weighted by Gasteiger charge is 1.57. The van der Waals surface area contributed by atoms with Gasteiger partial charge >= 0.3 is 0 Å². The maximum Gasteiger partial charge on any atom is 0.0824 e. The molecule has 0 heterocycles.